The van der Waals surface area contributed by atoms with Crippen LogP contribution in [0.25, 0.3) is 0 Å². The molecular formula is C28H27N9O13S2. The Morgan fingerprint density at radius 2 is 1.85 bits per heavy atom. The van der Waals surface area contributed by atoms with Crippen molar-refractivity contribution in [2.45, 2.75) is 30.4 Å². The molecule has 0 bridgehead atoms. The predicted molar refractivity (Wildman–Crippen MR) is 174 cm³/mol. The highest BCUT2D eigenvalue weighted by atomic mass is 32.2. The Balaban J connectivity index is 1.33. The lowest BCUT2D eigenvalue weighted by molar-refractivity contribution is -0.150. The normalized spacial score (nSPS) is 16.7. The molecule has 22 nitrogen and oxygen atoms in total. The molecule has 24 heteroatoms. The van der Waals surface area contributed by atoms with Crippen molar-refractivity contribution in [3.63, 3.8) is 0 Å². The fourth-order valence-electron chi connectivity index (χ4n) is 4.51. The maximum absolute atomic E-state index is 13.5. The maximum atomic E-state index is 13.5. The van der Waals surface area contributed by atoms with Gasteiger partial charge < -0.3 is 44.4 Å². The van der Waals surface area contributed by atoms with Gasteiger partial charge >= 0.3 is 24.2 Å². The second-order valence-corrected chi connectivity index (χ2v) is 12.2. The SMILES string of the molecule is CCOC(=O)Oc1ccc(C(=O)ON=C(C(=O)N[C@@H]2C(=O)N3C(C(=O)O)=C(CSc4nnnn4C)CS[C@@H]23)c2coc(N)n2)cc1OC(=O)OCC. The van der Waals surface area contributed by atoms with Crippen LogP contribution in [0.4, 0.5) is 15.6 Å². The Hall–Kier alpha value is -6.17. The number of aromatic nitrogens is 5. The zero-order chi connectivity index (χ0) is 37.5. The summed E-state index contributed by atoms with van der Waals surface area (Å²) < 4.78 is 25.9. The number of rotatable bonds is 13. The molecule has 2 aromatic heterocycles. The molecule has 1 saturated heterocycles. The van der Waals surface area contributed by atoms with Crippen LogP contribution in [0.2, 0.25) is 0 Å². The van der Waals surface area contributed by atoms with Gasteiger partial charge in [0, 0.05) is 18.6 Å². The van der Waals surface area contributed by atoms with Crippen LogP contribution >= 0.6 is 23.5 Å². The van der Waals surface area contributed by atoms with Crippen LogP contribution in [0, 0.1) is 0 Å². The van der Waals surface area contributed by atoms with Crippen LogP contribution in [-0.2, 0) is 35.7 Å². The minimum atomic E-state index is -1.33. The number of oxazole rings is 1. The van der Waals surface area contributed by atoms with E-state index in [2.05, 4.69) is 31.0 Å². The van der Waals surface area contributed by atoms with Crippen molar-refractivity contribution < 1.29 is 62.1 Å². The maximum Gasteiger partial charge on any atom is 0.513 e. The molecule has 2 amide bonds. The number of oxime groups is 1. The van der Waals surface area contributed by atoms with E-state index in [1.165, 1.54) is 42.1 Å². The molecular weight excluding hydrogens is 734 g/mol. The predicted octanol–water partition coefficient (Wildman–Crippen LogP) is 0.943. The van der Waals surface area contributed by atoms with E-state index in [4.69, 9.17) is 33.9 Å². The van der Waals surface area contributed by atoms with E-state index in [-0.39, 0.29) is 53.4 Å². The number of nitrogens with two attached hydrogens (primary N) is 1. The van der Waals surface area contributed by atoms with Gasteiger partial charge in [-0.1, -0.05) is 16.9 Å². The number of nitrogens with zero attached hydrogens (tertiary/aromatic N) is 7. The van der Waals surface area contributed by atoms with Gasteiger partial charge in [-0.3, -0.25) is 14.5 Å². The second-order valence-electron chi connectivity index (χ2n) is 10.1. The van der Waals surface area contributed by atoms with Gasteiger partial charge in [-0.2, -0.15) is 4.98 Å². The number of nitrogens with one attached hydrogen (secondary N) is 1. The molecule has 52 heavy (non-hydrogen) atoms. The Kier molecular flexibility index (Phi) is 11.6. The number of aliphatic carboxylic acids is 1. The molecule has 2 atom stereocenters. The van der Waals surface area contributed by atoms with Gasteiger partial charge in [0.25, 0.3) is 17.8 Å². The van der Waals surface area contributed by atoms with Crippen molar-refractivity contribution in [2.75, 3.05) is 30.5 Å². The molecule has 0 radical (unpaired) electrons. The van der Waals surface area contributed by atoms with Gasteiger partial charge in [-0.25, -0.2) is 23.9 Å². The fraction of sp³-hybridized carbons (Fsp3) is 0.321. The number of carbonyl (C=O) groups excluding carboxylic acids is 5. The molecule has 2 aliphatic rings. The highest BCUT2D eigenvalue weighted by Crippen LogP contribution is 2.41. The number of hydrogen-bond donors (Lipinski definition) is 3. The zero-order valence-electron chi connectivity index (χ0n) is 27.2. The highest BCUT2D eigenvalue weighted by Gasteiger charge is 2.54. The molecule has 0 spiro atoms. The monoisotopic (exact) mass is 761 g/mol. The fourth-order valence-corrected chi connectivity index (χ4v) is 6.85. The molecule has 5 rings (SSSR count). The van der Waals surface area contributed by atoms with Crippen LogP contribution in [0.3, 0.4) is 0 Å². The van der Waals surface area contributed by atoms with Crippen molar-refractivity contribution >= 4 is 71.3 Å². The lowest BCUT2D eigenvalue weighted by Crippen LogP contribution is -2.71. The number of carbonyl (C=O) groups is 6. The number of fused-ring (bicyclic) bond motifs is 1. The first-order valence-electron chi connectivity index (χ1n) is 14.8. The summed E-state index contributed by atoms with van der Waals surface area (Å²) in [7, 11) is 1.63. The smallest absolute Gasteiger partial charge is 0.477 e. The van der Waals surface area contributed by atoms with Crippen molar-refractivity contribution in [2.24, 2.45) is 12.2 Å². The number of amides is 2. The lowest BCUT2D eigenvalue weighted by Gasteiger charge is -2.49. The quantitative estimate of drug-likeness (QED) is 0.0415. The Bertz CT molecular complexity index is 1980. The van der Waals surface area contributed by atoms with Gasteiger partial charge in [0.15, 0.2) is 17.2 Å². The van der Waals surface area contributed by atoms with Crippen LogP contribution in [0.15, 0.2) is 50.5 Å². The molecule has 3 aromatic rings. The van der Waals surface area contributed by atoms with Gasteiger partial charge in [-0.15, -0.1) is 16.9 Å². The van der Waals surface area contributed by atoms with Crippen molar-refractivity contribution in [3.05, 3.63) is 47.0 Å². The Morgan fingerprint density at radius 3 is 2.46 bits per heavy atom. The summed E-state index contributed by atoms with van der Waals surface area (Å²) in [4.78, 5) is 85.8. The van der Waals surface area contributed by atoms with Crippen molar-refractivity contribution in [3.8, 4) is 11.5 Å². The molecule has 4 heterocycles. The van der Waals surface area contributed by atoms with Crippen LogP contribution in [-0.4, -0.2) is 113 Å². The highest BCUT2D eigenvalue weighted by molar-refractivity contribution is 8.01. The van der Waals surface area contributed by atoms with Crippen LogP contribution in [0.5, 0.6) is 11.5 Å². The summed E-state index contributed by atoms with van der Waals surface area (Å²) in [5.41, 5.74) is 4.58. The number of nitrogen functional groups attached to an aromatic ring is 1. The van der Waals surface area contributed by atoms with Crippen molar-refractivity contribution in [1.82, 2.24) is 35.4 Å². The third kappa shape index (κ3) is 8.23. The number of ether oxygens (including phenoxy) is 4. The van der Waals surface area contributed by atoms with E-state index in [0.717, 1.165) is 29.4 Å². The number of hydrogen-bond acceptors (Lipinski definition) is 20. The van der Waals surface area contributed by atoms with E-state index in [0.29, 0.717) is 10.7 Å². The number of anilines is 1. The summed E-state index contributed by atoms with van der Waals surface area (Å²) in [6.07, 6.45) is -1.35. The van der Waals surface area contributed by atoms with E-state index >= 15 is 0 Å². The molecule has 2 aliphatic heterocycles. The Labute approximate surface area is 299 Å². The summed E-state index contributed by atoms with van der Waals surface area (Å²) in [6, 6.07) is 1.63. The number of benzene rings is 1. The number of carboxylic acid groups (broad SMARTS) is 1. The second kappa shape index (κ2) is 16.2. The number of thioether (sulfide) groups is 2. The summed E-state index contributed by atoms with van der Waals surface area (Å²) in [6.45, 7) is 2.99. The number of β-lactam (4-membered cyclic amide) rings is 1. The Morgan fingerprint density at radius 1 is 1.13 bits per heavy atom. The van der Waals surface area contributed by atoms with E-state index in [1.54, 1.807) is 7.05 Å². The van der Waals surface area contributed by atoms with Gasteiger partial charge in [0.05, 0.1) is 18.8 Å². The standard InChI is InChI=1S/C28H27N9O13S2/c1-4-45-27(43)48-15-7-6-12(8-16(15)49-28(44)46-5-2)24(42)50-33-17(14-9-47-25(29)30-14)20(38)31-18-21(39)37-19(23(40)41)13(10-51-22(18)37)11-52-26-32-34-35-36(26)3/h6-9,18,22H,4-5,10-11H2,1-3H3,(H2,29,30)(H,31,38)(H,40,41)/t18-,22+/m1/s1. The van der Waals surface area contributed by atoms with Crippen LogP contribution in [0.1, 0.15) is 29.9 Å². The molecule has 274 valence electrons. The van der Waals surface area contributed by atoms with Crippen LogP contribution < -0.4 is 20.5 Å². The first kappa shape index (κ1) is 37.1. The summed E-state index contributed by atoms with van der Waals surface area (Å²) >= 11 is 2.40. The lowest BCUT2D eigenvalue weighted by atomic mass is 10.0. The molecule has 1 aromatic carbocycles. The number of carboxylic acids is 1. The van der Waals surface area contributed by atoms with E-state index < -0.39 is 58.9 Å². The average Bonchev–Trinajstić information content (AvgIpc) is 3.73. The number of aryl methyl sites for hydroxylation is 1. The van der Waals surface area contributed by atoms with E-state index in [9.17, 15) is 33.9 Å². The molecule has 0 saturated carbocycles. The average molecular weight is 762 g/mol. The molecule has 4 N–H and O–H groups in total. The first-order valence-corrected chi connectivity index (χ1v) is 16.8. The first-order chi connectivity index (χ1) is 24.9. The van der Waals surface area contributed by atoms with Gasteiger partial charge in [0.1, 0.15) is 29.1 Å². The minimum absolute atomic E-state index is 0.0145. The molecule has 1 fully saturated rings. The summed E-state index contributed by atoms with van der Waals surface area (Å²) in [5, 5.41) is 26.9. The van der Waals surface area contributed by atoms with E-state index in [1.807, 2.05) is 0 Å². The largest absolute Gasteiger partial charge is 0.513 e. The third-order valence-corrected chi connectivity index (χ3v) is 9.22. The van der Waals surface area contributed by atoms with Crippen molar-refractivity contribution in [1.29, 1.82) is 0 Å². The molecule has 0 unspecified atom stereocenters. The number of tetrazole rings is 1. The zero-order valence-corrected chi connectivity index (χ0v) is 28.8. The summed E-state index contributed by atoms with van der Waals surface area (Å²) in [5.74, 6) is -4.63. The van der Waals surface area contributed by atoms with Gasteiger partial charge in [-0.05, 0) is 48.0 Å². The molecule has 0 aliphatic carbocycles. The minimum Gasteiger partial charge on any atom is -0.477 e. The van der Waals surface area contributed by atoms with Gasteiger partial charge in [0.2, 0.25) is 5.16 Å². The topological polar surface area (TPSA) is 292 Å². The third-order valence-electron chi connectivity index (χ3n) is 6.78.